The number of hydrogen-bond acceptors (Lipinski definition) is 6. The molecule has 0 aliphatic heterocycles. The van der Waals surface area contributed by atoms with E-state index in [2.05, 4.69) is 9.98 Å². The normalized spacial score (nSPS) is 14.9. The summed E-state index contributed by atoms with van der Waals surface area (Å²) in [6.07, 6.45) is 2.98. The van der Waals surface area contributed by atoms with Crippen molar-refractivity contribution in [3.8, 4) is 0 Å². The third kappa shape index (κ3) is 8.09. The maximum absolute atomic E-state index is 11.8. The molecule has 0 atom stereocenters. The van der Waals surface area contributed by atoms with Gasteiger partial charge in [0.1, 0.15) is 11.5 Å². The molecule has 0 aliphatic carbocycles. The molecule has 0 amide bonds. The molecule has 0 saturated carbocycles. The van der Waals surface area contributed by atoms with Gasteiger partial charge in [-0.1, -0.05) is 13.8 Å². The largest absolute Gasteiger partial charge is 0.513 e. The number of carbonyl (C=O) groups excluding carboxylic acids is 2. The molecular formula is C17H26N2O4. The van der Waals surface area contributed by atoms with E-state index in [4.69, 9.17) is 5.11 Å². The minimum atomic E-state index is -0.404. The van der Waals surface area contributed by atoms with Gasteiger partial charge in [0.25, 0.3) is 0 Å². The van der Waals surface area contributed by atoms with E-state index in [-0.39, 0.29) is 40.5 Å². The van der Waals surface area contributed by atoms with Crippen molar-refractivity contribution in [1.82, 2.24) is 0 Å². The molecule has 0 rings (SSSR count). The van der Waals surface area contributed by atoms with E-state index >= 15 is 0 Å². The van der Waals surface area contributed by atoms with E-state index in [9.17, 15) is 14.7 Å². The first-order valence-electron chi connectivity index (χ1n) is 7.30. The van der Waals surface area contributed by atoms with Crippen molar-refractivity contribution in [2.75, 3.05) is 13.1 Å². The second-order valence-electron chi connectivity index (χ2n) is 6.20. The summed E-state index contributed by atoms with van der Waals surface area (Å²) >= 11 is 0. The van der Waals surface area contributed by atoms with E-state index in [1.807, 2.05) is 13.8 Å². The van der Waals surface area contributed by atoms with Crippen LogP contribution in [0.1, 0.15) is 41.5 Å². The van der Waals surface area contributed by atoms with Crippen LogP contribution in [0.3, 0.4) is 0 Å². The van der Waals surface area contributed by atoms with Gasteiger partial charge < -0.3 is 10.2 Å². The first-order valence-corrected chi connectivity index (χ1v) is 7.30. The summed E-state index contributed by atoms with van der Waals surface area (Å²) in [4.78, 5) is 31.8. The molecule has 0 heterocycles. The molecule has 0 unspecified atom stereocenters. The van der Waals surface area contributed by atoms with Gasteiger partial charge in [-0.15, -0.1) is 0 Å². The lowest BCUT2D eigenvalue weighted by Crippen LogP contribution is -2.25. The maximum Gasteiger partial charge on any atom is 0.178 e. The lowest BCUT2D eigenvalue weighted by atomic mass is 9.93. The van der Waals surface area contributed by atoms with Crippen LogP contribution in [0.25, 0.3) is 0 Å². The number of aliphatic hydroxyl groups excluding tert-OH is 2. The van der Waals surface area contributed by atoms with E-state index in [1.165, 1.54) is 33.1 Å². The number of nitrogens with zero attached hydrogens (tertiary/aromatic N) is 2. The number of Topliss-reactive ketones (excluding diaryl/α,β-unsaturated/α-hetero) is 2. The minimum absolute atomic E-state index is 0.0133. The van der Waals surface area contributed by atoms with Crippen molar-refractivity contribution in [1.29, 1.82) is 0 Å². The van der Waals surface area contributed by atoms with Crippen molar-refractivity contribution >= 4 is 23.5 Å². The average Bonchev–Trinajstić information content (AvgIpc) is 2.37. The molecule has 2 N–H and O–H groups in total. The van der Waals surface area contributed by atoms with Gasteiger partial charge in [0, 0.05) is 31.6 Å². The molecule has 0 aromatic rings. The Bertz CT molecular complexity index is 573. The van der Waals surface area contributed by atoms with Gasteiger partial charge in [-0.05, 0) is 26.8 Å². The predicted molar refractivity (Wildman–Crippen MR) is 92.5 cm³/mol. The highest BCUT2D eigenvalue weighted by molar-refractivity contribution is 6.51. The summed E-state index contributed by atoms with van der Waals surface area (Å²) < 4.78 is 0. The Morgan fingerprint density at radius 1 is 1.00 bits per heavy atom. The molecule has 23 heavy (non-hydrogen) atoms. The number of ketones is 2. The summed E-state index contributed by atoms with van der Waals surface area (Å²) in [6, 6.07) is 0. The van der Waals surface area contributed by atoms with Gasteiger partial charge in [0.2, 0.25) is 0 Å². The highest BCUT2D eigenvalue weighted by Gasteiger charge is 2.22. The molecule has 6 heteroatoms. The Hall–Kier alpha value is -2.24. The Kier molecular flexibility index (Phi) is 8.15. The molecular weight excluding hydrogens is 296 g/mol. The van der Waals surface area contributed by atoms with Gasteiger partial charge in [-0.2, -0.15) is 0 Å². The molecule has 0 aliphatic rings. The summed E-state index contributed by atoms with van der Waals surface area (Å²) in [7, 11) is 0. The molecule has 0 radical (unpaired) electrons. The molecule has 0 spiro atoms. The second kappa shape index (κ2) is 9.02. The standard InChI is InChI=1S/C17H26N2O4/c1-11(20)7-8-18-9-17(5,6)10-19-16(14(4)23)15(12(2)21)13(3)22/h7-8,20-21H,9-10H2,1-6H3/b11-7-,15-12-,18-8+,19-16+. The summed E-state index contributed by atoms with van der Waals surface area (Å²) in [6.45, 7) is 10.0. The van der Waals surface area contributed by atoms with Crippen LogP contribution in [0.15, 0.2) is 33.2 Å². The van der Waals surface area contributed by atoms with Crippen LogP contribution in [0.5, 0.6) is 0 Å². The van der Waals surface area contributed by atoms with Gasteiger partial charge >= 0.3 is 0 Å². The molecule has 0 aromatic carbocycles. The fourth-order valence-electron chi connectivity index (χ4n) is 1.76. The third-order valence-corrected chi connectivity index (χ3v) is 2.89. The number of rotatable bonds is 8. The molecule has 0 bridgehead atoms. The van der Waals surface area contributed by atoms with Crippen LogP contribution < -0.4 is 0 Å². The summed E-state index contributed by atoms with van der Waals surface area (Å²) in [5, 5.41) is 18.7. The average molecular weight is 322 g/mol. The first-order chi connectivity index (χ1) is 10.5. The predicted octanol–water partition coefficient (Wildman–Crippen LogP) is 3.00. The zero-order chi connectivity index (χ0) is 18.2. The topological polar surface area (TPSA) is 99.3 Å². The number of allylic oxidation sites excluding steroid dienone is 4. The molecule has 0 saturated heterocycles. The lowest BCUT2D eigenvalue weighted by molar-refractivity contribution is -0.114. The monoisotopic (exact) mass is 322 g/mol. The highest BCUT2D eigenvalue weighted by atomic mass is 16.3. The summed E-state index contributed by atoms with van der Waals surface area (Å²) in [5.74, 6) is -0.830. The smallest absolute Gasteiger partial charge is 0.178 e. The van der Waals surface area contributed by atoms with E-state index in [0.29, 0.717) is 6.54 Å². The molecule has 0 aromatic heterocycles. The van der Waals surface area contributed by atoms with Crippen LogP contribution in [0.2, 0.25) is 0 Å². The Balaban J connectivity index is 5.29. The fourth-order valence-corrected chi connectivity index (χ4v) is 1.76. The van der Waals surface area contributed by atoms with Gasteiger partial charge in [0.05, 0.1) is 11.3 Å². The summed E-state index contributed by atoms with van der Waals surface area (Å²) in [5.41, 5.74) is -0.407. The van der Waals surface area contributed by atoms with E-state index in [1.54, 1.807) is 6.92 Å². The zero-order valence-electron chi connectivity index (χ0n) is 14.7. The third-order valence-electron chi connectivity index (χ3n) is 2.89. The highest BCUT2D eigenvalue weighted by Crippen LogP contribution is 2.17. The van der Waals surface area contributed by atoms with Gasteiger partial charge in [0.15, 0.2) is 11.6 Å². The quantitative estimate of drug-likeness (QED) is 0.407. The molecule has 6 nitrogen and oxygen atoms in total. The Morgan fingerprint density at radius 2 is 1.57 bits per heavy atom. The fraction of sp³-hybridized carbons (Fsp3) is 0.529. The lowest BCUT2D eigenvalue weighted by Gasteiger charge is -2.20. The van der Waals surface area contributed by atoms with Crippen molar-refractivity contribution < 1.29 is 19.8 Å². The van der Waals surface area contributed by atoms with Crippen molar-refractivity contribution in [3.05, 3.63) is 23.2 Å². The van der Waals surface area contributed by atoms with E-state index in [0.717, 1.165) is 0 Å². The van der Waals surface area contributed by atoms with Crippen LogP contribution in [0, 0.1) is 5.41 Å². The van der Waals surface area contributed by atoms with Crippen LogP contribution >= 0.6 is 0 Å². The Labute approximate surface area is 137 Å². The Morgan fingerprint density at radius 3 is 1.96 bits per heavy atom. The van der Waals surface area contributed by atoms with Crippen LogP contribution in [-0.2, 0) is 9.59 Å². The van der Waals surface area contributed by atoms with Crippen LogP contribution in [-0.4, -0.2) is 46.8 Å². The van der Waals surface area contributed by atoms with Crippen LogP contribution in [0.4, 0.5) is 0 Å². The van der Waals surface area contributed by atoms with E-state index < -0.39 is 5.78 Å². The number of hydrogen-bond donors (Lipinski definition) is 2. The zero-order valence-corrected chi connectivity index (χ0v) is 14.7. The minimum Gasteiger partial charge on any atom is -0.513 e. The van der Waals surface area contributed by atoms with Gasteiger partial charge in [-0.25, -0.2) is 0 Å². The van der Waals surface area contributed by atoms with Gasteiger partial charge in [-0.3, -0.25) is 19.6 Å². The number of aliphatic imine (C=N–C) groups is 2. The second-order valence-corrected chi connectivity index (χ2v) is 6.20. The van der Waals surface area contributed by atoms with Crippen molar-refractivity contribution in [3.63, 3.8) is 0 Å². The SMILES string of the molecule is CC(=O)C(=N\CC(C)(C)C/N=C/C=C(/C)O)/C(C(C)=O)=C(/C)O. The molecule has 0 fully saturated rings. The van der Waals surface area contributed by atoms with Crippen molar-refractivity contribution in [2.45, 2.75) is 41.5 Å². The first kappa shape index (κ1) is 20.8. The number of aliphatic hydroxyl groups is 2. The molecule has 128 valence electrons. The van der Waals surface area contributed by atoms with Crippen molar-refractivity contribution in [2.24, 2.45) is 15.4 Å². The maximum atomic E-state index is 11.8. The number of carbonyl (C=O) groups is 2.